The molecule has 0 saturated carbocycles. The Bertz CT molecular complexity index is 989. The lowest BCUT2D eigenvalue weighted by Crippen LogP contribution is -2.46. The number of ether oxygens (including phenoxy) is 1. The highest BCUT2D eigenvalue weighted by Crippen LogP contribution is 2.50. The van der Waals surface area contributed by atoms with Crippen LogP contribution in [0.25, 0.3) is 6.08 Å². The van der Waals surface area contributed by atoms with E-state index < -0.39 is 13.0 Å². The van der Waals surface area contributed by atoms with Crippen LogP contribution in [0, 0.1) is 17.8 Å². The summed E-state index contributed by atoms with van der Waals surface area (Å²) in [5, 5.41) is 20.3. The predicted molar refractivity (Wildman–Crippen MR) is 125 cm³/mol. The minimum atomic E-state index is -0.972. The quantitative estimate of drug-likeness (QED) is 0.374. The van der Waals surface area contributed by atoms with Crippen molar-refractivity contribution in [2.45, 2.75) is 45.0 Å². The van der Waals surface area contributed by atoms with Crippen LogP contribution < -0.4 is 0 Å². The number of methoxy groups -OCH3 is 1. The fraction of sp³-hybridized carbons (Fsp3) is 0.520. The van der Waals surface area contributed by atoms with Gasteiger partial charge in [0.05, 0.1) is 24.5 Å². The Balaban J connectivity index is 1.61. The molecule has 2 fully saturated rings. The van der Waals surface area contributed by atoms with E-state index >= 15 is 0 Å². The van der Waals surface area contributed by atoms with Crippen LogP contribution in [0.15, 0.2) is 41.0 Å². The molecule has 1 aromatic rings. The van der Waals surface area contributed by atoms with Gasteiger partial charge in [-0.3, -0.25) is 14.5 Å². The Labute approximate surface area is 195 Å². The van der Waals surface area contributed by atoms with Crippen molar-refractivity contribution in [1.82, 2.24) is 4.90 Å². The summed E-state index contributed by atoms with van der Waals surface area (Å²) in [5.41, 5.74) is 4.20. The third kappa shape index (κ3) is 4.65. The molecule has 8 heteroatoms. The summed E-state index contributed by atoms with van der Waals surface area (Å²) in [5.74, 6) is -1.11. The number of hydrogen-bond donors (Lipinski definition) is 2. The number of fused-ring (bicyclic) bond motifs is 3. The standard InChI is InChI=1S/C25H32BNO6/c1-4-15(10-16-6-5-7-18(28)11-16)8-9-21-22-17(14-32-3)12-19-23(20(22)13-26(31)33-21)25(30)27(2)24(19)29/h5-7,10-11,19-21,23,28,31H,4,8-9,12-14H2,1-3H3/b15-10+/t19-,20+,21-,23-/m1/s1. The van der Waals surface area contributed by atoms with Crippen molar-refractivity contribution < 1.29 is 29.1 Å². The summed E-state index contributed by atoms with van der Waals surface area (Å²) in [7, 11) is 2.20. The Morgan fingerprint density at radius 2 is 2.09 bits per heavy atom. The van der Waals surface area contributed by atoms with Gasteiger partial charge in [-0.05, 0) is 66.8 Å². The lowest BCUT2D eigenvalue weighted by molar-refractivity contribution is -0.138. The molecule has 1 aromatic carbocycles. The van der Waals surface area contributed by atoms with E-state index in [1.165, 1.54) is 10.5 Å². The molecular weight excluding hydrogens is 421 g/mol. The molecule has 2 aliphatic heterocycles. The minimum absolute atomic E-state index is 0.141. The number of carbonyl (C=O) groups is 2. The van der Waals surface area contributed by atoms with Crippen LogP contribution in [0.1, 0.15) is 38.2 Å². The second-order valence-electron chi connectivity index (χ2n) is 9.28. The summed E-state index contributed by atoms with van der Waals surface area (Å²) in [6.45, 7) is 2.48. The Kier molecular flexibility index (Phi) is 7.07. The maximum Gasteiger partial charge on any atom is 0.455 e. The van der Waals surface area contributed by atoms with Crippen molar-refractivity contribution in [3.05, 3.63) is 46.5 Å². The Morgan fingerprint density at radius 1 is 1.30 bits per heavy atom. The van der Waals surface area contributed by atoms with Gasteiger partial charge < -0.3 is 19.5 Å². The lowest BCUT2D eigenvalue weighted by Gasteiger charge is -2.43. The fourth-order valence-corrected chi connectivity index (χ4v) is 5.75. The molecule has 3 aliphatic rings. The number of carbonyl (C=O) groups excluding carboxylic acids is 2. The van der Waals surface area contributed by atoms with Crippen molar-refractivity contribution in [1.29, 1.82) is 0 Å². The topological polar surface area (TPSA) is 96.3 Å². The first-order valence-corrected chi connectivity index (χ1v) is 11.7. The first-order chi connectivity index (χ1) is 15.8. The molecule has 0 radical (unpaired) electrons. The average molecular weight is 453 g/mol. The van der Waals surface area contributed by atoms with Crippen molar-refractivity contribution in [2.75, 3.05) is 20.8 Å². The number of allylic oxidation sites excluding steroid dienone is 1. The maximum atomic E-state index is 12.9. The number of likely N-dealkylation sites (tertiary alicyclic amines) is 1. The third-order valence-electron chi connectivity index (χ3n) is 7.27. The highest BCUT2D eigenvalue weighted by molar-refractivity contribution is 6.43. The van der Waals surface area contributed by atoms with E-state index in [9.17, 15) is 19.7 Å². The van der Waals surface area contributed by atoms with E-state index in [2.05, 4.69) is 13.0 Å². The number of imide groups is 1. The number of amides is 2. The van der Waals surface area contributed by atoms with Crippen molar-refractivity contribution in [3.8, 4) is 5.75 Å². The van der Waals surface area contributed by atoms with Gasteiger partial charge in [-0.25, -0.2) is 0 Å². The number of phenols is 1. The number of nitrogens with zero attached hydrogens (tertiary/aromatic N) is 1. The molecular formula is C25H32BNO6. The highest BCUT2D eigenvalue weighted by Gasteiger charge is 2.56. The van der Waals surface area contributed by atoms with E-state index in [0.717, 1.165) is 29.6 Å². The molecule has 0 aromatic heterocycles. The second-order valence-corrected chi connectivity index (χ2v) is 9.28. The van der Waals surface area contributed by atoms with Crippen LogP contribution >= 0.6 is 0 Å². The van der Waals surface area contributed by atoms with E-state index in [-0.39, 0.29) is 35.5 Å². The summed E-state index contributed by atoms with van der Waals surface area (Å²) >= 11 is 0. The summed E-state index contributed by atoms with van der Waals surface area (Å²) in [6, 6.07) is 7.14. The van der Waals surface area contributed by atoms with Crippen molar-refractivity contribution >= 4 is 25.0 Å². The molecule has 2 heterocycles. The van der Waals surface area contributed by atoms with E-state index in [1.807, 2.05) is 12.1 Å². The number of hydrogen-bond acceptors (Lipinski definition) is 6. The molecule has 4 atom stereocenters. The van der Waals surface area contributed by atoms with Gasteiger partial charge in [0, 0.05) is 14.2 Å². The fourth-order valence-electron chi connectivity index (χ4n) is 5.75. The van der Waals surface area contributed by atoms with Gasteiger partial charge >= 0.3 is 7.12 Å². The van der Waals surface area contributed by atoms with E-state index in [4.69, 9.17) is 9.39 Å². The van der Waals surface area contributed by atoms with E-state index in [0.29, 0.717) is 25.8 Å². The van der Waals surface area contributed by atoms with Gasteiger partial charge in [-0.2, -0.15) is 0 Å². The second kappa shape index (κ2) is 9.83. The Morgan fingerprint density at radius 3 is 2.79 bits per heavy atom. The molecule has 4 rings (SSSR count). The first-order valence-electron chi connectivity index (χ1n) is 11.7. The summed E-state index contributed by atoms with van der Waals surface area (Å²) in [4.78, 5) is 26.9. The molecule has 0 unspecified atom stereocenters. The van der Waals surface area contributed by atoms with Gasteiger partial charge in [0.2, 0.25) is 11.8 Å². The van der Waals surface area contributed by atoms with Crippen molar-refractivity contribution in [3.63, 3.8) is 0 Å². The zero-order valence-corrected chi connectivity index (χ0v) is 19.5. The zero-order chi connectivity index (χ0) is 23.7. The minimum Gasteiger partial charge on any atom is -0.508 e. The van der Waals surface area contributed by atoms with Crippen LogP contribution in [0.5, 0.6) is 5.75 Å². The first kappa shape index (κ1) is 23.7. The van der Waals surface area contributed by atoms with E-state index in [1.54, 1.807) is 26.3 Å². The monoisotopic (exact) mass is 453 g/mol. The zero-order valence-electron chi connectivity index (χ0n) is 19.5. The summed E-state index contributed by atoms with van der Waals surface area (Å²) in [6.07, 6.45) is 4.80. The largest absolute Gasteiger partial charge is 0.508 e. The molecule has 2 amide bonds. The lowest BCUT2D eigenvalue weighted by atomic mass is 9.58. The van der Waals surface area contributed by atoms with Crippen LogP contribution in [0.2, 0.25) is 6.32 Å². The highest BCUT2D eigenvalue weighted by atomic mass is 16.5. The van der Waals surface area contributed by atoms with Crippen LogP contribution in [0.4, 0.5) is 0 Å². The van der Waals surface area contributed by atoms with Gasteiger partial charge in [0.1, 0.15) is 5.75 Å². The van der Waals surface area contributed by atoms with Crippen LogP contribution in [-0.4, -0.2) is 60.8 Å². The van der Waals surface area contributed by atoms with Crippen LogP contribution in [0.3, 0.4) is 0 Å². The smallest absolute Gasteiger partial charge is 0.455 e. The summed E-state index contributed by atoms with van der Waals surface area (Å²) < 4.78 is 11.5. The van der Waals surface area contributed by atoms with Gasteiger partial charge in [-0.15, -0.1) is 0 Å². The SMILES string of the molecule is CC/C(=C\c1cccc(O)c1)CC[C@H]1OB(O)C[C@H]2C1=C(COC)C[C@H]1C(=O)N(C)C(=O)[C@H]12. The Hall–Kier alpha value is -2.42. The predicted octanol–water partition coefficient (Wildman–Crippen LogP) is 3.04. The number of rotatable bonds is 7. The molecule has 7 nitrogen and oxygen atoms in total. The maximum absolute atomic E-state index is 12.9. The average Bonchev–Trinajstić information content (AvgIpc) is 3.00. The van der Waals surface area contributed by atoms with Crippen molar-refractivity contribution in [2.24, 2.45) is 17.8 Å². The van der Waals surface area contributed by atoms with Gasteiger partial charge in [-0.1, -0.05) is 30.7 Å². The van der Waals surface area contributed by atoms with Gasteiger partial charge in [0.15, 0.2) is 0 Å². The van der Waals surface area contributed by atoms with Crippen LogP contribution in [-0.2, 0) is 19.0 Å². The molecule has 2 saturated heterocycles. The number of phenolic OH excluding ortho intramolecular Hbond substituents is 1. The molecule has 2 N–H and O–H groups in total. The number of aromatic hydroxyl groups is 1. The third-order valence-corrected chi connectivity index (χ3v) is 7.27. The molecule has 1 aliphatic carbocycles. The molecule has 176 valence electrons. The normalized spacial score (nSPS) is 27.8. The van der Waals surface area contributed by atoms with Gasteiger partial charge in [0.25, 0.3) is 0 Å². The molecule has 0 spiro atoms. The number of benzene rings is 1. The molecule has 33 heavy (non-hydrogen) atoms. The molecule has 0 bridgehead atoms.